The van der Waals surface area contributed by atoms with Crippen LogP contribution in [0.15, 0.2) is 36.0 Å². The number of amides is 1. The van der Waals surface area contributed by atoms with Gasteiger partial charge < -0.3 is 39.5 Å². The smallest absolute Gasteiger partial charge is 0.410 e. The first-order chi connectivity index (χ1) is 22.4. The molecule has 4 heterocycles. The van der Waals surface area contributed by atoms with Gasteiger partial charge in [0, 0.05) is 49.5 Å². The lowest BCUT2D eigenvalue weighted by Gasteiger charge is -2.38. The number of carbonyl (C=O) groups is 2. The van der Waals surface area contributed by atoms with Gasteiger partial charge in [0.1, 0.15) is 11.7 Å². The van der Waals surface area contributed by atoms with Crippen molar-refractivity contribution in [3.8, 4) is 0 Å². The minimum absolute atomic E-state index is 0.0106. The lowest BCUT2D eigenvalue weighted by atomic mass is 9.88. The highest BCUT2D eigenvalue weighted by Crippen LogP contribution is 2.38. The quantitative estimate of drug-likeness (QED) is 0.116. The lowest BCUT2D eigenvalue weighted by molar-refractivity contribution is -0.151. The third kappa shape index (κ3) is 9.69. The number of fused-ring (bicyclic) bond motifs is 2. The van der Waals surface area contributed by atoms with Crippen molar-refractivity contribution in [3.05, 3.63) is 36.0 Å². The summed E-state index contributed by atoms with van der Waals surface area (Å²) in [6.07, 6.45) is 6.74. The number of hydrogen-bond acceptors (Lipinski definition) is 10. The van der Waals surface area contributed by atoms with Crippen LogP contribution in [0.2, 0.25) is 0 Å². The lowest BCUT2D eigenvalue weighted by Crippen LogP contribution is -2.52. The van der Waals surface area contributed by atoms with Gasteiger partial charge in [-0.3, -0.25) is 9.69 Å². The highest BCUT2D eigenvalue weighted by Gasteiger charge is 2.48. The number of nitrogens with zero attached hydrogens (tertiary/aromatic N) is 2. The van der Waals surface area contributed by atoms with E-state index in [0.717, 1.165) is 13.0 Å². The number of allylic oxidation sites excluding steroid dienone is 2. The van der Waals surface area contributed by atoms with Crippen LogP contribution in [0.5, 0.6) is 0 Å². The van der Waals surface area contributed by atoms with Gasteiger partial charge in [0.2, 0.25) is 0 Å². The SMILES string of the molecule is CCC(O)C(C)C1OC1CC(C)(O)/C=C/C=C(\C)C1OC(=O)CC(O)CCC(C)(O)C(OC(=O)N2C[C@@H]3C[C@H]2CN3C(C)C)/C=C\C1C. The molecule has 0 radical (unpaired) electrons. The largest absolute Gasteiger partial charge is 0.457 e. The number of cyclic esters (lactones) is 1. The summed E-state index contributed by atoms with van der Waals surface area (Å²) in [5, 5.41) is 43.3. The molecule has 0 saturated carbocycles. The molecule has 12 atom stereocenters. The molecule has 0 spiro atoms. The highest BCUT2D eigenvalue weighted by molar-refractivity contribution is 5.70. The first-order valence-electron chi connectivity index (χ1n) is 17.9. The number of hydrogen-bond donors (Lipinski definition) is 4. The van der Waals surface area contributed by atoms with E-state index >= 15 is 0 Å². The maximum atomic E-state index is 13.4. The molecule has 11 nitrogen and oxygen atoms in total. The summed E-state index contributed by atoms with van der Waals surface area (Å²) in [7, 11) is 0. The molecule has 4 rings (SSSR count). The van der Waals surface area contributed by atoms with E-state index in [2.05, 4.69) is 18.7 Å². The summed E-state index contributed by atoms with van der Waals surface area (Å²) < 4.78 is 17.6. The fourth-order valence-corrected chi connectivity index (χ4v) is 7.53. The summed E-state index contributed by atoms with van der Waals surface area (Å²) in [4.78, 5) is 30.5. The van der Waals surface area contributed by atoms with Crippen LogP contribution in [0.25, 0.3) is 0 Å². The van der Waals surface area contributed by atoms with Gasteiger partial charge in [0.15, 0.2) is 6.10 Å². The predicted molar refractivity (Wildman–Crippen MR) is 182 cm³/mol. The predicted octanol–water partition coefficient (Wildman–Crippen LogP) is 3.88. The Bertz CT molecular complexity index is 1210. The molecule has 0 aromatic heterocycles. The van der Waals surface area contributed by atoms with Crippen molar-refractivity contribution in [1.82, 2.24) is 9.80 Å². The topological polar surface area (TPSA) is 153 Å². The van der Waals surface area contributed by atoms with Crippen LogP contribution in [0.1, 0.15) is 93.9 Å². The summed E-state index contributed by atoms with van der Waals surface area (Å²) in [6.45, 7) is 16.6. The van der Waals surface area contributed by atoms with Gasteiger partial charge in [-0.25, -0.2) is 4.79 Å². The summed E-state index contributed by atoms with van der Waals surface area (Å²) >= 11 is 0. The minimum Gasteiger partial charge on any atom is -0.457 e. The molecule has 4 N–H and O–H groups in total. The first-order valence-corrected chi connectivity index (χ1v) is 17.9. The molecule has 11 heteroatoms. The van der Waals surface area contributed by atoms with Gasteiger partial charge in [0.05, 0.1) is 36.4 Å². The maximum Gasteiger partial charge on any atom is 0.410 e. The highest BCUT2D eigenvalue weighted by atomic mass is 16.6. The number of epoxide rings is 1. The van der Waals surface area contributed by atoms with Gasteiger partial charge in [0.25, 0.3) is 0 Å². The number of esters is 1. The van der Waals surface area contributed by atoms with Gasteiger partial charge in [-0.15, -0.1) is 0 Å². The van der Waals surface area contributed by atoms with Crippen LogP contribution in [0.3, 0.4) is 0 Å². The molecular weight excluding hydrogens is 616 g/mol. The third-order valence-electron chi connectivity index (χ3n) is 10.8. The van der Waals surface area contributed by atoms with Crippen molar-refractivity contribution in [2.75, 3.05) is 13.1 Å². The molecule has 2 bridgehead atoms. The maximum absolute atomic E-state index is 13.4. The van der Waals surface area contributed by atoms with Crippen molar-refractivity contribution < 1.29 is 44.2 Å². The second kappa shape index (κ2) is 15.7. The van der Waals surface area contributed by atoms with Crippen molar-refractivity contribution in [1.29, 1.82) is 0 Å². The van der Waals surface area contributed by atoms with Gasteiger partial charge >= 0.3 is 12.1 Å². The van der Waals surface area contributed by atoms with E-state index in [4.69, 9.17) is 14.2 Å². The van der Waals surface area contributed by atoms with Crippen LogP contribution < -0.4 is 0 Å². The van der Waals surface area contributed by atoms with E-state index < -0.39 is 47.7 Å². The minimum atomic E-state index is -1.48. The zero-order valence-corrected chi connectivity index (χ0v) is 30.1. The Balaban J connectivity index is 1.46. The third-order valence-corrected chi connectivity index (χ3v) is 10.8. The standard InChI is InChI=1S/C37H60N2O9/c1-9-29(41)25(6)34-30(46-34)19-36(7,44)15-10-11-23(4)33-24(5)12-13-31(37(8,45)16-14-28(40)18-32(42)48-33)47-35(43)39-21-26-17-27(39)20-38(26)22(2)3/h10-13,15,22,24-31,33-34,40-41,44-45H,9,14,16-21H2,1-8H3/b13-12-,15-10+,23-11+/t24?,25?,26-,27-,28?,29?,30?,31?,33?,34?,36?,37?/m0/s1. The van der Waals surface area contributed by atoms with Crippen molar-refractivity contribution in [2.24, 2.45) is 11.8 Å². The molecule has 0 aromatic carbocycles. The number of aliphatic hydroxyl groups excluding tert-OH is 2. The Morgan fingerprint density at radius 2 is 1.94 bits per heavy atom. The monoisotopic (exact) mass is 676 g/mol. The summed E-state index contributed by atoms with van der Waals surface area (Å²) in [5.41, 5.74) is -1.93. The zero-order chi connectivity index (χ0) is 35.6. The molecule has 4 aliphatic heterocycles. The van der Waals surface area contributed by atoms with Crippen LogP contribution in [-0.4, -0.2) is 121 Å². The Morgan fingerprint density at radius 1 is 1.23 bits per heavy atom. The molecule has 0 aliphatic carbocycles. The number of ether oxygens (including phenoxy) is 3. The van der Waals surface area contributed by atoms with E-state index in [-0.39, 0.29) is 49.3 Å². The van der Waals surface area contributed by atoms with Crippen LogP contribution in [0.4, 0.5) is 4.79 Å². The molecule has 3 fully saturated rings. The van der Waals surface area contributed by atoms with Gasteiger partial charge in [-0.1, -0.05) is 45.1 Å². The molecule has 1 amide bonds. The van der Waals surface area contributed by atoms with E-state index in [1.165, 1.54) is 0 Å². The Morgan fingerprint density at radius 3 is 2.56 bits per heavy atom. The Labute approximate surface area is 286 Å². The van der Waals surface area contributed by atoms with Crippen LogP contribution >= 0.6 is 0 Å². The number of piperazine rings is 1. The fourth-order valence-electron chi connectivity index (χ4n) is 7.53. The molecule has 4 aliphatic rings. The van der Waals surface area contributed by atoms with E-state index in [0.29, 0.717) is 37.0 Å². The van der Waals surface area contributed by atoms with E-state index in [9.17, 15) is 30.0 Å². The molecule has 272 valence electrons. The van der Waals surface area contributed by atoms with Crippen molar-refractivity contribution in [3.63, 3.8) is 0 Å². The first kappa shape index (κ1) is 38.5. The van der Waals surface area contributed by atoms with Crippen molar-refractivity contribution >= 4 is 12.1 Å². The normalized spacial score (nSPS) is 38.2. The molecule has 10 unspecified atom stereocenters. The Hall–Kier alpha value is -2.28. The molecule has 3 saturated heterocycles. The summed E-state index contributed by atoms with van der Waals surface area (Å²) in [5.74, 6) is -0.940. The Kier molecular flexibility index (Phi) is 12.6. The molecule has 48 heavy (non-hydrogen) atoms. The van der Waals surface area contributed by atoms with E-state index in [1.54, 1.807) is 49.1 Å². The molecule has 0 aromatic rings. The van der Waals surface area contributed by atoms with Crippen LogP contribution in [0, 0.1) is 11.8 Å². The second-order valence-electron chi connectivity index (χ2n) is 15.5. The number of aliphatic hydroxyl groups is 4. The average molecular weight is 677 g/mol. The number of likely N-dealkylation sites (tertiary alicyclic amines) is 2. The fraction of sp³-hybridized carbons (Fsp3) is 0.784. The summed E-state index contributed by atoms with van der Waals surface area (Å²) in [6, 6.07) is 0.784. The number of carbonyl (C=O) groups excluding carboxylic acids is 2. The van der Waals surface area contributed by atoms with E-state index in [1.807, 2.05) is 27.7 Å². The van der Waals surface area contributed by atoms with Gasteiger partial charge in [-0.2, -0.15) is 0 Å². The molecular formula is C37H60N2O9. The average Bonchev–Trinajstić information content (AvgIpc) is 3.43. The van der Waals surface area contributed by atoms with Gasteiger partial charge in [-0.05, 0) is 72.0 Å². The second-order valence-corrected chi connectivity index (χ2v) is 15.5. The zero-order valence-electron chi connectivity index (χ0n) is 30.1. The van der Waals surface area contributed by atoms with Crippen LogP contribution in [-0.2, 0) is 19.0 Å². The van der Waals surface area contributed by atoms with Crippen molar-refractivity contribution in [2.45, 2.75) is 160 Å². The number of rotatable bonds is 10.